The molecule has 1 unspecified atom stereocenters. The summed E-state index contributed by atoms with van der Waals surface area (Å²) in [5, 5.41) is 19.4. The van der Waals surface area contributed by atoms with Gasteiger partial charge >= 0.3 is 0 Å². The Morgan fingerprint density at radius 3 is 2.62 bits per heavy atom. The molecule has 1 saturated carbocycles. The van der Waals surface area contributed by atoms with Gasteiger partial charge in [-0.3, -0.25) is 0 Å². The number of phenols is 1. The quantitative estimate of drug-likeness (QED) is 0.822. The SMILES string of the molecule is Oc1ccccc1OCC(O)C1CCCC1. The summed E-state index contributed by atoms with van der Waals surface area (Å²) in [5.74, 6) is 0.937. The second-order valence-corrected chi connectivity index (χ2v) is 4.39. The van der Waals surface area contributed by atoms with Crippen molar-refractivity contribution in [1.29, 1.82) is 0 Å². The van der Waals surface area contributed by atoms with Crippen LogP contribution in [0.2, 0.25) is 0 Å². The van der Waals surface area contributed by atoms with Gasteiger partial charge < -0.3 is 14.9 Å². The van der Waals surface area contributed by atoms with E-state index in [0.717, 1.165) is 12.8 Å². The topological polar surface area (TPSA) is 49.7 Å². The molecule has 3 heteroatoms. The number of phenolic OH excluding ortho intramolecular Hbond substituents is 1. The molecule has 0 radical (unpaired) electrons. The third-order valence-electron chi connectivity index (χ3n) is 3.22. The molecule has 0 bridgehead atoms. The van der Waals surface area contributed by atoms with Crippen LogP contribution in [-0.4, -0.2) is 22.9 Å². The van der Waals surface area contributed by atoms with Gasteiger partial charge in [0.1, 0.15) is 6.61 Å². The van der Waals surface area contributed by atoms with Crippen LogP contribution in [0.1, 0.15) is 25.7 Å². The minimum absolute atomic E-state index is 0.126. The van der Waals surface area contributed by atoms with E-state index >= 15 is 0 Å². The summed E-state index contributed by atoms with van der Waals surface area (Å²) >= 11 is 0. The number of para-hydroxylation sites is 2. The molecule has 88 valence electrons. The molecule has 1 aromatic carbocycles. The van der Waals surface area contributed by atoms with Crippen molar-refractivity contribution in [1.82, 2.24) is 0 Å². The first-order valence-electron chi connectivity index (χ1n) is 5.86. The van der Waals surface area contributed by atoms with Crippen LogP contribution in [0.25, 0.3) is 0 Å². The molecule has 2 rings (SSSR count). The van der Waals surface area contributed by atoms with Gasteiger partial charge in [-0.2, -0.15) is 0 Å². The Kier molecular flexibility index (Phi) is 3.67. The van der Waals surface area contributed by atoms with Gasteiger partial charge in [0.15, 0.2) is 11.5 Å². The molecular formula is C13H18O3. The van der Waals surface area contributed by atoms with Crippen molar-refractivity contribution in [2.24, 2.45) is 5.92 Å². The van der Waals surface area contributed by atoms with Gasteiger partial charge in [-0.05, 0) is 30.9 Å². The zero-order valence-corrected chi connectivity index (χ0v) is 9.30. The van der Waals surface area contributed by atoms with Crippen LogP contribution in [0.4, 0.5) is 0 Å². The van der Waals surface area contributed by atoms with Crippen LogP contribution < -0.4 is 4.74 Å². The van der Waals surface area contributed by atoms with E-state index in [1.54, 1.807) is 24.3 Å². The molecule has 16 heavy (non-hydrogen) atoms. The minimum Gasteiger partial charge on any atom is -0.504 e. The second kappa shape index (κ2) is 5.21. The lowest BCUT2D eigenvalue weighted by Gasteiger charge is -2.18. The Hall–Kier alpha value is -1.22. The van der Waals surface area contributed by atoms with Crippen molar-refractivity contribution in [3.8, 4) is 11.5 Å². The lowest BCUT2D eigenvalue weighted by molar-refractivity contribution is 0.0583. The maximum atomic E-state index is 9.89. The van der Waals surface area contributed by atoms with Crippen molar-refractivity contribution >= 4 is 0 Å². The van der Waals surface area contributed by atoms with E-state index in [1.807, 2.05) is 0 Å². The summed E-state index contributed by atoms with van der Waals surface area (Å²) in [6.07, 6.45) is 4.18. The molecule has 1 aliphatic rings. The molecule has 3 nitrogen and oxygen atoms in total. The molecule has 0 saturated heterocycles. The Morgan fingerprint density at radius 1 is 1.25 bits per heavy atom. The van der Waals surface area contributed by atoms with E-state index in [1.165, 1.54) is 12.8 Å². The van der Waals surface area contributed by atoms with Gasteiger partial charge in [-0.15, -0.1) is 0 Å². The van der Waals surface area contributed by atoms with E-state index in [9.17, 15) is 10.2 Å². The molecule has 0 heterocycles. The number of hydrogen-bond acceptors (Lipinski definition) is 3. The van der Waals surface area contributed by atoms with Crippen LogP contribution in [0, 0.1) is 5.92 Å². The van der Waals surface area contributed by atoms with Crippen LogP contribution in [0.5, 0.6) is 11.5 Å². The third kappa shape index (κ3) is 2.67. The average molecular weight is 222 g/mol. The highest BCUT2D eigenvalue weighted by Crippen LogP contribution is 2.29. The molecule has 2 N–H and O–H groups in total. The summed E-state index contributed by atoms with van der Waals surface area (Å²) in [4.78, 5) is 0. The monoisotopic (exact) mass is 222 g/mol. The van der Waals surface area contributed by atoms with Gasteiger partial charge in [0.25, 0.3) is 0 Å². The van der Waals surface area contributed by atoms with E-state index in [4.69, 9.17) is 4.74 Å². The normalized spacial score (nSPS) is 18.6. The third-order valence-corrected chi connectivity index (χ3v) is 3.22. The first-order chi connectivity index (χ1) is 7.77. The summed E-state index contributed by atoms with van der Waals surface area (Å²) in [6.45, 7) is 0.266. The number of aliphatic hydroxyl groups is 1. The Bertz CT molecular complexity index is 332. The predicted molar refractivity (Wildman–Crippen MR) is 61.6 cm³/mol. The van der Waals surface area contributed by atoms with E-state index in [2.05, 4.69) is 0 Å². The number of aromatic hydroxyl groups is 1. The summed E-state index contributed by atoms with van der Waals surface area (Å²) in [6, 6.07) is 6.83. The molecule has 0 amide bonds. The predicted octanol–water partition coefficient (Wildman–Crippen LogP) is 2.32. The van der Waals surface area contributed by atoms with Gasteiger partial charge in [0.05, 0.1) is 6.10 Å². The first kappa shape index (κ1) is 11.3. The van der Waals surface area contributed by atoms with Gasteiger partial charge in [-0.1, -0.05) is 25.0 Å². The fourth-order valence-electron chi connectivity index (χ4n) is 2.23. The maximum Gasteiger partial charge on any atom is 0.161 e. The van der Waals surface area contributed by atoms with E-state index in [0.29, 0.717) is 11.7 Å². The molecule has 1 aliphatic carbocycles. The highest BCUT2D eigenvalue weighted by atomic mass is 16.5. The molecule has 1 aromatic rings. The smallest absolute Gasteiger partial charge is 0.161 e. The fraction of sp³-hybridized carbons (Fsp3) is 0.538. The molecule has 0 aromatic heterocycles. The number of aliphatic hydroxyl groups excluding tert-OH is 1. The molecule has 1 fully saturated rings. The Labute approximate surface area is 95.7 Å². The molecule has 1 atom stereocenters. The summed E-state index contributed by atoms with van der Waals surface area (Å²) in [5.41, 5.74) is 0. The van der Waals surface area contributed by atoms with Crippen molar-refractivity contribution < 1.29 is 14.9 Å². The zero-order valence-electron chi connectivity index (χ0n) is 9.30. The minimum atomic E-state index is -0.415. The van der Waals surface area contributed by atoms with Crippen molar-refractivity contribution in [3.05, 3.63) is 24.3 Å². The van der Waals surface area contributed by atoms with Crippen molar-refractivity contribution in [3.63, 3.8) is 0 Å². The van der Waals surface area contributed by atoms with Gasteiger partial charge in [-0.25, -0.2) is 0 Å². The molecule has 0 spiro atoms. The second-order valence-electron chi connectivity index (χ2n) is 4.39. The van der Waals surface area contributed by atoms with E-state index < -0.39 is 6.10 Å². The summed E-state index contributed by atoms with van der Waals surface area (Å²) < 4.78 is 5.41. The first-order valence-corrected chi connectivity index (χ1v) is 5.86. The summed E-state index contributed by atoms with van der Waals surface area (Å²) in [7, 11) is 0. The van der Waals surface area contributed by atoms with E-state index in [-0.39, 0.29) is 12.4 Å². The van der Waals surface area contributed by atoms with Crippen LogP contribution in [-0.2, 0) is 0 Å². The van der Waals surface area contributed by atoms with Crippen LogP contribution in [0.15, 0.2) is 24.3 Å². The fourth-order valence-corrected chi connectivity index (χ4v) is 2.23. The highest BCUT2D eigenvalue weighted by Gasteiger charge is 2.23. The lowest BCUT2D eigenvalue weighted by atomic mass is 10.0. The maximum absolute atomic E-state index is 9.89. The standard InChI is InChI=1S/C13H18O3/c14-11-7-3-4-8-13(11)16-9-12(15)10-5-1-2-6-10/h3-4,7-8,10,12,14-15H,1-2,5-6,9H2. The van der Waals surface area contributed by atoms with Crippen LogP contribution in [0.3, 0.4) is 0 Å². The largest absolute Gasteiger partial charge is 0.504 e. The zero-order chi connectivity index (χ0) is 11.4. The average Bonchev–Trinajstić information content (AvgIpc) is 2.81. The van der Waals surface area contributed by atoms with Gasteiger partial charge in [0, 0.05) is 0 Å². The molecular weight excluding hydrogens is 204 g/mol. The number of hydrogen-bond donors (Lipinski definition) is 2. The number of ether oxygens (including phenoxy) is 1. The lowest BCUT2D eigenvalue weighted by Crippen LogP contribution is -2.25. The van der Waals surface area contributed by atoms with Crippen molar-refractivity contribution in [2.45, 2.75) is 31.8 Å². The Balaban J connectivity index is 1.84. The molecule has 0 aliphatic heterocycles. The Morgan fingerprint density at radius 2 is 1.94 bits per heavy atom. The van der Waals surface area contributed by atoms with Crippen LogP contribution >= 0.6 is 0 Å². The number of rotatable bonds is 4. The number of benzene rings is 1. The highest BCUT2D eigenvalue weighted by molar-refractivity contribution is 5.37. The van der Waals surface area contributed by atoms with Crippen molar-refractivity contribution in [2.75, 3.05) is 6.61 Å². The van der Waals surface area contributed by atoms with Gasteiger partial charge in [0.2, 0.25) is 0 Å².